The van der Waals surface area contributed by atoms with E-state index in [1.54, 1.807) is 18.4 Å². The summed E-state index contributed by atoms with van der Waals surface area (Å²) in [6, 6.07) is 8.65. The van der Waals surface area contributed by atoms with Crippen molar-refractivity contribution >= 4 is 34.2 Å². The van der Waals surface area contributed by atoms with Gasteiger partial charge in [-0.3, -0.25) is 0 Å². The highest BCUT2D eigenvalue weighted by molar-refractivity contribution is 7.80. The molecule has 3 nitrogen and oxygen atoms in total. The summed E-state index contributed by atoms with van der Waals surface area (Å²) in [5.41, 5.74) is 9.23. The Labute approximate surface area is 134 Å². The molecule has 1 fully saturated rings. The van der Waals surface area contributed by atoms with Crippen LogP contribution in [-0.4, -0.2) is 18.1 Å². The van der Waals surface area contributed by atoms with Crippen LogP contribution in [0.1, 0.15) is 24.0 Å². The number of nitrogens with two attached hydrogens (primary N) is 1. The van der Waals surface area contributed by atoms with Crippen LogP contribution in [0.15, 0.2) is 35.0 Å². The first-order valence-corrected chi connectivity index (χ1v) is 8.29. The smallest absolute Gasteiger partial charge is 0.120 e. The molecule has 1 heterocycles. The van der Waals surface area contributed by atoms with Crippen LogP contribution in [0.3, 0.4) is 0 Å². The summed E-state index contributed by atoms with van der Waals surface area (Å²) in [6.07, 6.45) is 2.44. The molecule has 0 aliphatic heterocycles. The van der Waals surface area contributed by atoms with E-state index in [-0.39, 0.29) is 0 Å². The summed E-state index contributed by atoms with van der Waals surface area (Å²) in [5.74, 6) is 0.834. The van der Waals surface area contributed by atoms with Gasteiger partial charge in [-0.15, -0.1) is 0 Å². The first kappa shape index (κ1) is 14.4. The van der Waals surface area contributed by atoms with Crippen LogP contribution in [0.5, 0.6) is 5.75 Å². The maximum absolute atomic E-state index is 5.90. The minimum atomic E-state index is 0.434. The minimum Gasteiger partial charge on any atom is -0.497 e. The van der Waals surface area contributed by atoms with Gasteiger partial charge in [-0.25, -0.2) is 0 Å². The highest BCUT2D eigenvalue weighted by atomic mass is 32.1. The molecule has 21 heavy (non-hydrogen) atoms. The lowest BCUT2D eigenvalue weighted by atomic mass is 10.1. The zero-order chi connectivity index (χ0) is 14.8. The van der Waals surface area contributed by atoms with Gasteiger partial charge >= 0.3 is 0 Å². The fraction of sp³-hybridized carbons (Fsp3) is 0.312. The average Bonchev–Trinajstić information content (AvgIpc) is 3.20. The number of methoxy groups -OCH3 is 1. The Morgan fingerprint density at radius 2 is 2.24 bits per heavy atom. The topological polar surface area (TPSA) is 38.5 Å². The maximum atomic E-state index is 5.90. The van der Waals surface area contributed by atoms with Gasteiger partial charge in [-0.2, -0.15) is 11.3 Å². The van der Waals surface area contributed by atoms with Crippen molar-refractivity contribution in [1.82, 2.24) is 0 Å². The number of nitrogens with zero attached hydrogens (tertiary/aromatic N) is 1. The van der Waals surface area contributed by atoms with Gasteiger partial charge in [0.05, 0.1) is 12.8 Å². The number of thiocarbonyl (C=S) groups is 1. The number of benzene rings is 1. The summed E-state index contributed by atoms with van der Waals surface area (Å²) in [6.45, 7) is 0.886. The number of hydrogen-bond acceptors (Lipinski definition) is 4. The van der Waals surface area contributed by atoms with E-state index >= 15 is 0 Å². The van der Waals surface area contributed by atoms with Crippen LogP contribution in [-0.2, 0) is 6.54 Å². The van der Waals surface area contributed by atoms with E-state index in [1.807, 2.05) is 18.2 Å². The van der Waals surface area contributed by atoms with E-state index in [2.05, 4.69) is 21.7 Å². The van der Waals surface area contributed by atoms with Gasteiger partial charge in [0.2, 0.25) is 0 Å². The third kappa shape index (κ3) is 3.19. The average molecular weight is 318 g/mol. The van der Waals surface area contributed by atoms with E-state index in [0.29, 0.717) is 11.0 Å². The summed E-state index contributed by atoms with van der Waals surface area (Å²) in [7, 11) is 1.68. The number of ether oxygens (including phenoxy) is 1. The molecule has 3 rings (SSSR count). The summed E-state index contributed by atoms with van der Waals surface area (Å²) in [5, 5.41) is 4.30. The molecule has 1 aliphatic carbocycles. The third-order valence-electron chi connectivity index (χ3n) is 3.70. The molecule has 1 aromatic carbocycles. The van der Waals surface area contributed by atoms with E-state index in [0.717, 1.165) is 23.5 Å². The lowest BCUT2D eigenvalue weighted by Crippen LogP contribution is -2.27. The molecule has 1 aliphatic rings. The molecular weight excluding hydrogens is 300 g/mol. The quantitative estimate of drug-likeness (QED) is 0.827. The Hall–Kier alpha value is -1.59. The maximum Gasteiger partial charge on any atom is 0.120 e. The van der Waals surface area contributed by atoms with Gasteiger partial charge in [-0.1, -0.05) is 12.2 Å². The molecule has 110 valence electrons. The van der Waals surface area contributed by atoms with E-state index in [1.165, 1.54) is 18.4 Å². The van der Waals surface area contributed by atoms with Gasteiger partial charge in [-0.05, 0) is 47.4 Å². The molecule has 0 saturated heterocycles. The predicted octanol–water partition coefficient (Wildman–Crippen LogP) is 3.56. The first-order valence-electron chi connectivity index (χ1n) is 6.94. The minimum absolute atomic E-state index is 0.434. The monoisotopic (exact) mass is 318 g/mol. The normalized spacial score (nSPS) is 14.0. The Morgan fingerprint density at radius 3 is 2.81 bits per heavy atom. The number of thiophene rings is 1. The molecule has 1 aromatic heterocycles. The molecule has 2 N–H and O–H groups in total. The Morgan fingerprint density at radius 1 is 1.43 bits per heavy atom. The highest BCUT2D eigenvalue weighted by Crippen LogP contribution is 2.37. The van der Waals surface area contributed by atoms with Crippen molar-refractivity contribution in [3.63, 3.8) is 0 Å². The molecule has 0 spiro atoms. The fourth-order valence-electron chi connectivity index (χ4n) is 2.46. The van der Waals surface area contributed by atoms with Crippen molar-refractivity contribution in [1.29, 1.82) is 0 Å². The van der Waals surface area contributed by atoms with Crippen LogP contribution in [0, 0.1) is 0 Å². The van der Waals surface area contributed by atoms with Crippen LogP contribution in [0.2, 0.25) is 0 Å². The second-order valence-corrected chi connectivity index (χ2v) is 6.46. The molecule has 5 heteroatoms. The molecule has 0 amide bonds. The van der Waals surface area contributed by atoms with Crippen molar-refractivity contribution < 1.29 is 4.74 Å². The SMILES string of the molecule is COc1ccc(C(N)=S)c(N(Cc2ccsc2)C2CC2)c1. The number of rotatable bonds is 6. The van der Waals surface area contributed by atoms with E-state index in [4.69, 9.17) is 22.7 Å². The van der Waals surface area contributed by atoms with Crippen LogP contribution >= 0.6 is 23.6 Å². The fourth-order valence-corrected chi connectivity index (χ4v) is 3.29. The van der Waals surface area contributed by atoms with Crippen molar-refractivity contribution in [3.8, 4) is 5.75 Å². The van der Waals surface area contributed by atoms with Crippen molar-refractivity contribution in [3.05, 3.63) is 46.2 Å². The summed E-state index contributed by atoms with van der Waals surface area (Å²) < 4.78 is 5.37. The van der Waals surface area contributed by atoms with Crippen molar-refractivity contribution in [2.24, 2.45) is 5.73 Å². The van der Waals surface area contributed by atoms with Crippen LogP contribution < -0.4 is 15.4 Å². The van der Waals surface area contributed by atoms with Gasteiger partial charge < -0.3 is 15.4 Å². The zero-order valence-electron chi connectivity index (χ0n) is 11.9. The second kappa shape index (κ2) is 6.03. The Kier molecular flexibility index (Phi) is 4.12. The molecule has 0 bridgehead atoms. The van der Waals surface area contributed by atoms with E-state index < -0.39 is 0 Å². The highest BCUT2D eigenvalue weighted by Gasteiger charge is 2.31. The largest absolute Gasteiger partial charge is 0.497 e. The lowest BCUT2D eigenvalue weighted by Gasteiger charge is -2.27. The molecule has 2 aromatic rings. The van der Waals surface area contributed by atoms with Gasteiger partial charge in [0.1, 0.15) is 10.7 Å². The zero-order valence-corrected chi connectivity index (χ0v) is 13.5. The summed E-state index contributed by atoms with van der Waals surface area (Å²) in [4.78, 5) is 2.84. The predicted molar refractivity (Wildman–Crippen MR) is 92.4 cm³/mol. The lowest BCUT2D eigenvalue weighted by molar-refractivity contribution is 0.414. The molecule has 0 atom stereocenters. The number of anilines is 1. The first-order chi connectivity index (χ1) is 10.2. The van der Waals surface area contributed by atoms with Crippen LogP contribution in [0.4, 0.5) is 5.69 Å². The molecule has 0 unspecified atom stereocenters. The standard InChI is InChI=1S/C16H18N2OS2/c1-19-13-4-5-14(16(17)20)15(8-13)18(12-2-3-12)9-11-6-7-21-10-11/h4-8,10,12H,2-3,9H2,1H3,(H2,17,20). The van der Waals surface area contributed by atoms with Gasteiger partial charge in [0.25, 0.3) is 0 Å². The third-order valence-corrected chi connectivity index (χ3v) is 4.65. The van der Waals surface area contributed by atoms with Crippen molar-refractivity contribution in [2.75, 3.05) is 12.0 Å². The molecular formula is C16H18N2OS2. The van der Waals surface area contributed by atoms with Crippen LogP contribution in [0.25, 0.3) is 0 Å². The molecule has 0 radical (unpaired) electrons. The summed E-state index contributed by atoms with van der Waals surface area (Å²) >= 11 is 6.94. The molecule has 1 saturated carbocycles. The second-order valence-electron chi connectivity index (χ2n) is 5.24. The van der Waals surface area contributed by atoms with Gasteiger partial charge in [0.15, 0.2) is 0 Å². The Balaban J connectivity index is 1.99. The Bertz CT molecular complexity index is 636. The van der Waals surface area contributed by atoms with E-state index in [9.17, 15) is 0 Å². The van der Waals surface area contributed by atoms with Gasteiger partial charge in [0, 0.05) is 24.2 Å². The number of hydrogen-bond donors (Lipinski definition) is 1. The van der Waals surface area contributed by atoms with Crippen molar-refractivity contribution in [2.45, 2.75) is 25.4 Å².